The lowest BCUT2D eigenvalue weighted by Gasteiger charge is -2.38. The van der Waals surface area contributed by atoms with Gasteiger partial charge in [-0.15, -0.1) is 0 Å². The van der Waals surface area contributed by atoms with E-state index in [1.807, 2.05) is 0 Å². The molecule has 0 aromatic heterocycles. The summed E-state index contributed by atoms with van der Waals surface area (Å²) < 4.78 is 14.7. The van der Waals surface area contributed by atoms with Crippen molar-refractivity contribution in [2.24, 2.45) is 5.73 Å². The van der Waals surface area contributed by atoms with Crippen molar-refractivity contribution in [3.05, 3.63) is 34.1 Å². The summed E-state index contributed by atoms with van der Waals surface area (Å²) in [6.07, 6.45) is 0.772. The molecule has 1 aliphatic rings. The summed E-state index contributed by atoms with van der Waals surface area (Å²) in [5, 5.41) is 0. The normalized spacial score (nSPS) is 23.5. The molecule has 0 amide bonds. The first-order valence-electron chi connectivity index (χ1n) is 6.56. The van der Waals surface area contributed by atoms with Crippen LogP contribution in [0.15, 0.2) is 22.7 Å². The molecule has 3 nitrogen and oxygen atoms in total. The minimum atomic E-state index is -0.267. The van der Waals surface area contributed by atoms with Gasteiger partial charge >= 0.3 is 0 Å². The van der Waals surface area contributed by atoms with Gasteiger partial charge in [-0.05, 0) is 38.7 Å². The van der Waals surface area contributed by atoms with Gasteiger partial charge in [-0.3, -0.25) is 0 Å². The predicted octanol–water partition coefficient (Wildman–Crippen LogP) is 2.22. The fraction of sp³-hybridized carbons (Fsp3) is 0.571. The Labute approximate surface area is 122 Å². The number of hydrogen-bond acceptors (Lipinski definition) is 3. The fourth-order valence-electron chi connectivity index (χ4n) is 2.57. The Kier molecular flexibility index (Phi) is 4.95. The number of halogens is 2. The number of piperazine rings is 1. The minimum absolute atomic E-state index is 0.220. The van der Waals surface area contributed by atoms with E-state index < -0.39 is 0 Å². The van der Waals surface area contributed by atoms with E-state index in [9.17, 15) is 4.39 Å². The van der Waals surface area contributed by atoms with Crippen LogP contribution in [0.1, 0.15) is 18.0 Å². The van der Waals surface area contributed by atoms with Crippen LogP contribution in [0.4, 0.5) is 4.39 Å². The Balaban J connectivity index is 2.07. The molecule has 0 bridgehead atoms. The van der Waals surface area contributed by atoms with Crippen LogP contribution in [0, 0.1) is 5.82 Å². The van der Waals surface area contributed by atoms with Crippen molar-refractivity contribution < 1.29 is 4.39 Å². The smallest absolute Gasteiger partial charge is 0.128 e. The van der Waals surface area contributed by atoms with E-state index in [1.54, 1.807) is 12.1 Å². The van der Waals surface area contributed by atoms with Crippen LogP contribution in [-0.2, 0) is 0 Å². The number of nitrogens with two attached hydrogens (primary N) is 1. The van der Waals surface area contributed by atoms with Crippen LogP contribution >= 0.6 is 15.9 Å². The van der Waals surface area contributed by atoms with Gasteiger partial charge in [0.05, 0.1) is 0 Å². The average molecular weight is 330 g/mol. The van der Waals surface area contributed by atoms with Gasteiger partial charge in [0, 0.05) is 41.8 Å². The molecule has 1 fully saturated rings. The van der Waals surface area contributed by atoms with E-state index in [4.69, 9.17) is 5.73 Å². The second-order valence-electron chi connectivity index (χ2n) is 5.40. The van der Waals surface area contributed by atoms with Crippen LogP contribution in [0.25, 0.3) is 0 Å². The molecule has 106 valence electrons. The second-order valence-corrected chi connectivity index (χ2v) is 6.32. The molecule has 1 heterocycles. The molecule has 0 spiro atoms. The third kappa shape index (κ3) is 3.75. The molecule has 1 aromatic rings. The molecule has 0 radical (unpaired) electrons. The van der Waals surface area contributed by atoms with Gasteiger partial charge in [-0.2, -0.15) is 0 Å². The lowest BCUT2D eigenvalue weighted by Crippen LogP contribution is -2.50. The monoisotopic (exact) mass is 329 g/mol. The molecule has 2 atom stereocenters. The van der Waals surface area contributed by atoms with Crippen LogP contribution in [0.2, 0.25) is 0 Å². The molecule has 0 saturated carbocycles. The lowest BCUT2D eigenvalue weighted by atomic mass is 9.97. The largest absolute Gasteiger partial charge is 0.324 e. The Morgan fingerprint density at radius 1 is 1.42 bits per heavy atom. The molecular formula is C14H21BrFN3. The topological polar surface area (TPSA) is 32.5 Å². The Morgan fingerprint density at radius 3 is 2.89 bits per heavy atom. The predicted molar refractivity (Wildman–Crippen MR) is 79.6 cm³/mol. The van der Waals surface area contributed by atoms with Crippen molar-refractivity contribution in [1.82, 2.24) is 9.80 Å². The highest BCUT2D eigenvalue weighted by molar-refractivity contribution is 9.10. The van der Waals surface area contributed by atoms with E-state index in [1.165, 1.54) is 6.07 Å². The van der Waals surface area contributed by atoms with Gasteiger partial charge in [0.1, 0.15) is 5.82 Å². The number of hydrogen-bond donors (Lipinski definition) is 1. The van der Waals surface area contributed by atoms with E-state index in [0.29, 0.717) is 11.6 Å². The summed E-state index contributed by atoms with van der Waals surface area (Å²) in [5.74, 6) is -0.220. The zero-order valence-electron chi connectivity index (χ0n) is 11.4. The zero-order valence-corrected chi connectivity index (χ0v) is 13.0. The van der Waals surface area contributed by atoms with Crippen molar-refractivity contribution in [3.8, 4) is 0 Å². The Bertz CT molecular complexity index is 441. The second kappa shape index (κ2) is 6.31. The molecule has 5 heteroatoms. The SMILES string of the molecule is CN1CCN(C)C(CC(N)c2cc(Br)ccc2F)C1. The minimum Gasteiger partial charge on any atom is -0.324 e. The average Bonchev–Trinajstić information content (AvgIpc) is 2.36. The third-order valence-electron chi connectivity index (χ3n) is 3.86. The van der Waals surface area contributed by atoms with Crippen molar-refractivity contribution >= 4 is 15.9 Å². The fourth-order valence-corrected chi connectivity index (χ4v) is 2.95. The van der Waals surface area contributed by atoms with Crippen LogP contribution < -0.4 is 5.73 Å². The Hall–Kier alpha value is -0.490. The molecule has 0 aliphatic carbocycles. The summed E-state index contributed by atoms with van der Waals surface area (Å²) in [6.45, 7) is 3.10. The molecule has 19 heavy (non-hydrogen) atoms. The summed E-state index contributed by atoms with van der Waals surface area (Å²) in [5.41, 5.74) is 6.79. The van der Waals surface area contributed by atoms with Crippen molar-refractivity contribution in [1.29, 1.82) is 0 Å². The molecular weight excluding hydrogens is 309 g/mol. The molecule has 1 saturated heterocycles. The summed E-state index contributed by atoms with van der Waals surface area (Å²) >= 11 is 3.37. The van der Waals surface area contributed by atoms with Crippen LogP contribution in [-0.4, -0.2) is 49.6 Å². The number of rotatable bonds is 3. The van der Waals surface area contributed by atoms with E-state index in [-0.39, 0.29) is 11.9 Å². The maximum Gasteiger partial charge on any atom is 0.128 e. The Morgan fingerprint density at radius 2 is 2.16 bits per heavy atom. The van der Waals surface area contributed by atoms with Gasteiger partial charge in [-0.1, -0.05) is 15.9 Å². The lowest BCUT2D eigenvalue weighted by molar-refractivity contribution is 0.104. The zero-order chi connectivity index (χ0) is 14.0. The number of benzene rings is 1. The van der Waals surface area contributed by atoms with Gasteiger partial charge < -0.3 is 15.5 Å². The summed E-state index contributed by atoms with van der Waals surface area (Å²) in [6, 6.07) is 5.07. The number of likely N-dealkylation sites (N-methyl/N-ethyl adjacent to an activating group) is 2. The maximum atomic E-state index is 13.8. The molecule has 1 aliphatic heterocycles. The summed E-state index contributed by atoms with van der Waals surface area (Å²) in [7, 11) is 4.23. The first kappa shape index (κ1) is 14.9. The van der Waals surface area contributed by atoms with Gasteiger partial charge in [0.15, 0.2) is 0 Å². The van der Waals surface area contributed by atoms with Crippen molar-refractivity contribution in [2.45, 2.75) is 18.5 Å². The van der Waals surface area contributed by atoms with E-state index in [2.05, 4.69) is 39.8 Å². The van der Waals surface area contributed by atoms with Crippen LogP contribution in [0.5, 0.6) is 0 Å². The molecule has 2 unspecified atom stereocenters. The third-order valence-corrected chi connectivity index (χ3v) is 4.36. The van der Waals surface area contributed by atoms with Crippen molar-refractivity contribution in [2.75, 3.05) is 33.7 Å². The van der Waals surface area contributed by atoms with Crippen LogP contribution in [0.3, 0.4) is 0 Å². The first-order chi connectivity index (χ1) is 8.97. The highest BCUT2D eigenvalue weighted by atomic mass is 79.9. The van der Waals surface area contributed by atoms with Gasteiger partial charge in [0.25, 0.3) is 0 Å². The van der Waals surface area contributed by atoms with Gasteiger partial charge in [-0.25, -0.2) is 4.39 Å². The molecule has 2 rings (SSSR count). The highest BCUT2D eigenvalue weighted by Gasteiger charge is 2.25. The first-order valence-corrected chi connectivity index (χ1v) is 7.36. The molecule has 2 N–H and O–H groups in total. The highest BCUT2D eigenvalue weighted by Crippen LogP contribution is 2.25. The summed E-state index contributed by atoms with van der Waals surface area (Å²) in [4.78, 5) is 4.62. The quantitative estimate of drug-likeness (QED) is 0.922. The number of nitrogens with zero attached hydrogens (tertiary/aromatic N) is 2. The van der Waals surface area contributed by atoms with Gasteiger partial charge in [0.2, 0.25) is 0 Å². The van der Waals surface area contributed by atoms with Crippen molar-refractivity contribution in [3.63, 3.8) is 0 Å². The standard InChI is InChI=1S/C14H21BrFN3/c1-18-5-6-19(2)11(9-18)8-14(17)12-7-10(15)3-4-13(12)16/h3-4,7,11,14H,5-6,8-9,17H2,1-2H3. The molecule has 1 aromatic carbocycles. The van der Waals surface area contributed by atoms with E-state index >= 15 is 0 Å². The van der Waals surface area contributed by atoms with E-state index in [0.717, 1.165) is 30.5 Å². The maximum absolute atomic E-state index is 13.8.